The fourth-order valence-corrected chi connectivity index (χ4v) is 4.30. The Morgan fingerprint density at radius 1 is 1.20 bits per heavy atom. The highest BCUT2D eigenvalue weighted by Crippen LogP contribution is 2.27. The summed E-state index contributed by atoms with van der Waals surface area (Å²) in [6.07, 6.45) is 5.16. The highest BCUT2D eigenvalue weighted by molar-refractivity contribution is 6.05. The van der Waals surface area contributed by atoms with Crippen LogP contribution < -0.4 is 15.4 Å². The van der Waals surface area contributed by atoms with E-state index in [0.717, 1.165) is 50.8 Å². The molecule has 1 aromatic carbocycles. The van der Waals surface area contributed by atoms with Crippen molar-refractivity contribution >= 4 is 36.5 Å². The van der Waals surface area contributed by atoms with E-state index in [9.17, 15) is 4.79 Å². The van der Waals surface area contributed by atoms with Gasteiger partial charge in [-0.2, -0.15) is 5.10 Å². The second kappa shape index (κ2) is 11.6. The van der Waals surface area contributed by atoms with Crippen LogP contribution in [0, 0.1) is 5.92 Å². The maximum absolute atomic E-state index is 12.7. The Kier molecular flexibility index (Phi) is 9.42. The number of carbonyl (C=O) groups excluding carboxylic acids is 1. The van der Waals surface area contributed by atoms with Crippen molar-refractivity contribution in [2.24, 2.45) is 5.92 Å². The lowest BCUT2D eigenvalue weighted by Gasteiger charge is -2.34. The number of carbonyl (C=O) groups is 1. The first-order valence-corrected chi connectivity index (χ1v) is 10.2. The summed E-state index contributed by atoms with van der Waals surface area (Å²) in [6.45, 7) is 5.67. The third kappa shape index (κ3) is 5.66. The number of nitrogens with zero attached hydrogens (tertiary/aromatic N) is 3. The van der Waals surface area contributed by atoms with E-state index in [4.69, 9.17) is 4.74 Å². The lowest BCUT2D eigenvalue weighted by molar-refractivity contribution is 0.102. The first-order chi connectivity index (χ1) is 13.7. The van der Waals surface area contributed by atoms with Crippen LogP contribution in [0.4, 0.5) is 5.82 Å². The van der Waals surface area contributed by atoms with Crippen LogP contribution in [-0.2, 0) is 0 Å². The van der Waals surface area contributed by atoms with Gasteiger partial charge in [-0.15, -0.1) is 24.8 Å². The summed E-state index contributed by atoms with van der Waals surface area (Å²) in [5, 5.41) is 11.0. The van der Waals surface area contributed by atoms with Crippen LogP contribution in [0.5, 0.6) is 5.75 Å². The first-order valence-electron chi connectivity index (χ1n) is 10.2. The number of ether oxygens (including phenoxy) is 1. The smallest absolute Gasteiger partial charge is 0.260 e. The lowest BCUT2D eigenvalue weighted by Crippen LogP contribution is -2.38. The number of nitrogens with one attached hydrogen (secondary N) is 2. The topological polar surface area (TPSA) is 71.4 Å². The quantitative estimate of drug-likeness (QED) is 0.699. The minimum absolute atomic E-state index is 0. The lowest BCUT2D eigenvalue weighted by atomic mass is 10.0. The minimum Gasteiger partial charge on any atom is -0.496 e. The van der Waals surface area contributed by atoms with Crippen molar-refractivity contribution in [2.45, 2.75) is 25.3 Å². The largest absolute Gasteiger partial charge is 0.496 e. The van der Waals surface area contributed by atoms with Gasteiger partial charge in [0, 0.05) is 25.7 Å². The average molecular weight is 456 g/mol. The van der Waals surface area contributed by atoms with Gasteiger partial charge < -0.3 is 20.3 Å². The predicted octanol–water partition coefficient (Wildman–Crippen LogP) is 3.23. The number of benzene rings is 1. The van der Waals surface area contributed by atoms with E-state index in [1.165, 1.54) is 13.0 Å². The predicted molar refractivity (Wildman–Crippen MR) is 123 cm³/mol. The molecular weight excluding hydrogens is 425 g/mol. The summed E-state index contributed by atoms with van der Waals surface area (Å²) in [5.41, 5.74) is 0.526. The molecule has 2 N–H and O–H groups in total. The van der Waals surface area contributed by atoms with E-state index < -0.39 is 0 Å². The zero-order chi connectivity index (χ0) is 19.3. The van der Waals surface area contributed by atoms with Gasteiger partial charge in [-0.3, -0.25) is 4.79 Å². The summed E-state index contributed by atoms with van der Waals surface area (Å²) in [6, 6.07) is 9.44. The second-order valence-corrected chi connectivity index (χ2v) is 7.71. The van der Waals surface area contributed by atoms with Gasteiger partial charge in [0.05, 0.1) is 24.9 Å². The number of hydrogen-bond acceptors (Lipinski definition) is 5. The molecule has 0 saturated carbocycles. The number of methoxy groups -OCH3 is 1. The maximum Gasteiger partial charge on any atom is 0.260 e. The third-order valence-electron chi connectivity index (χ3n) is 5.85. The van der Waals surface area contributed by atoms with Crippen molar-refractivity contribution in [1.82, 2.24) is 20.0 Å². The van der Waals surface area contributed by atoms with E-state index in [1.54, 1.807) is 25.4 Å². The molecule has 0 aliphatic carbocycles. The van der Waals surface area contributed by atoms with Gasteiger partial charge in [0.2, 0.25) is 0 Å². The van der Waals surface area contributed by atoms with Crippen molar-refractivity contribution in [3.63, 3.8) is 0 Å². The zero-order valence-corrected chi connectivity index (χ0v) is 18.9. The van der Waals surface area contributed by atoms with E-state index in [-0.39, 0.29) is 30.7 Å². The highest BCUT2D eigenvalue weighted by Gasteiger charge is 2.26. The van der Waals surface area contributed by atoms with Gasteiger partial charge in [-0.1, -0.05) is 12.1 Å². The molecule has 2 saturated heterocycles. The van der Waals surface area contributed by atoms with Crippen LogP contribution in [0.3, 0.4) is 0 Å². The number of para-hydroxylation sites is 1. The van der Waals surface area contributed by atoms with E-state index in [0.29, 0.717) is 17.4 Å². The Bertz CT molecular complexity index is 802. The Hall–Kier alpha value is -1.80. The standard InChI is InChI=1S/C21H29N5O2.2ClH/c1-28-19-5-3-2-4-18(19)21(27)24-20-7-11-23-26(20)17-8-12-25(13-9-17)15-16-6-10-22-14-16;;/h2-5,7,11,16-17,22H,6,8-10,12-15H2,1H3,(H,24,27);2*1H. The fraction of sp³-hybridized carbons (Fsp3) is 0.524. The van der Waals surface area contributed by atoms with Crippen molar-refractivity contribution < 1.29 is 9.53 Å². The Balaban J connectivity index is 0.00000160. The van der Waals surface area contributed by atoms with Gasteiger partial charge in [-0.05, 0) is 50.4 Å². The molecule has 1 atom stereocenters. The normalized spacial score (nSPS) is 19.6. The number of hydrogen-bond donors (Lipinski definition) is 2. The molecule has 3 heterocycles. The number of piperidine rings is 1. The van der Waals surface area contributed by atoms with Crippen LogP contribution in [0.15, 0.2) is 36.5 Å². The summed E-state index contributed by atoms with van der Waals surface area (Å²) >= 11 is 0. The van der Waals surface area contributed by atoms with Gasteiger partial charge in [-0.25, -0.2) is 4.68 Å². The molecule has 1 unspecified atom stereocenters. The number of anilines is 1. The molecule has 1 amide bonds. The summed E-state index contributed by atoms with van der Waals surface area (Å²) < 4.78 is 7.28. The maximum atomic E-state index is 12.7. The number of aromatic nitrogens is 2. The van der Waals surface area contributed by atoms with Gasteiger partial charge in [0.15, 0.2) is 0 Å². The zero-order valence-electron chi connectivity index (χ0n) is 17.3. The van der Waals surface area contributed by atoms with E-state index in [1.807, 2.05) is 22.9 Å². The Labute approximate surface area is 190 Å². The number of rotatable bonds is 6. The highest BCUT2D eigenvalue weighted by atomic mass is 35.5. The van der Waals surface area contributed by atoms with Crippen molar-refractivity contribution in [1.29, 1.82) is 0 Å². The van der Waals surface area contributed by atoms with Gasteiger partial charge >= 0.3 is 0 Å². The Morgan fingerprint density at radius 3 is 2.67 bits per heavy atom. The van der Waals surface area contributed by atoms with E-state index in [2.05, 4.69) is 20.6 Å². The van der Waals surface area contributed by atoms with Crippen LogP contribution in [0.2, 0.25) is 0 Å². The average Bonchev–Trinajstić information content (AvgIpc) is 3.41. The summed E-state index contributed by atoms with van der Waals surface area (Å²) in [4.78, 5) is 15.3. The van der Waals surface area contributed by atoms with Crippen LogP contribution in [0.1, 0.15) is 35.7 Å². The fourth-order valence-electron chi connectivity index (χ4n) is 4.30. The molecule has 2 fully saturated rings. The molecular formula is C21H31Cl2N5O2. The number of likely N-dealkylation sites (tertiary alicyclic amines) is 1. The monoisotopic (exact) mass is 455 g/mol. The van der Waals surface area contributed by atoms with Crippen LogP contribution in [0.25, 0.3) is 0 Å². The Morgan fingerprint density at radius 2 is 1.97 bits per heavy atom. The third-order valence-corrected chi connectivity index (χ3v) is 5.85. The van der Waals surface area contributed by atoms with Crippen LogP contribution in [-0.4, -0.2) is 60.4 Å². The molecule has 4 rings (SSSR count). The minimum atomic E-state index is -0.176. The van der Waals surface area contributed by atoms with E-state index >= 15 is 0 Å². The molecule has 1 aromatic heterocycles. The number of amides is 1. The molecule has 9 heteroatoms. The van der Waals surface area contributed by atoms with Crippen LogP contribution >= 0.6 is 24.8 Å². The number of halogens is 2. The molecule has 2 aromatic rings. The molecule has 166 valence electrons. The summed E-state index contributed by atoms with van der Waals surface area (Å²) in [5.74, 6) is 1.93. The molecule has 0 radical (unpaired) electrons. The van der Waals surface area contributed by atoms with Gasteiger partial charge in [0.25, 0.3) is 5.91 Å². The SMILES string of the molecule is COc1ccccc1C(=O)Nc1ccnn1C1CCN(CC2CCNC2)CC1.Cl.Cl. The molecule has 30 heavy (non-hydrogen) atoms. The second-order valence-electron chi connectivity index (χ2n) is 7.71. The molecule has 0 spiro atoms. The first kappa shape index (κ1) is 24.5. The summed E-state index contributed by atoms with van der Waals surface area (Å²) in [7, 11) is 1.58. The van der Waals surface area contributed by atoms with Crippen molar-refractivity contribution in [3.8, 4) is 5.75 Å². The molecule has 0 bridgehead atoms. The van der Waals surface area contributed by atoms with Crippen molar-refractivity contribution in [2.75, 3.05) is 45.2 Å². The van der Waals surface area contributed by atoms with Crippen molar-refractivity contribution in [3.05, 3.63) is 42.1 Å². The molecule has 2 aliphatic rings. The van der Waals surface area contributed by atoms with Gasteiger partial charge in [0.1, 0.15) is 11.6 Å². The molecule has 7 nitrogen and oxygen atoms in total. The molecule has 2 aliphatic heterocycles.